The number of fused-ring (bicyclic) bond motifs is 1. The van der Waals surface area contributed by atoms with Gasteiger partial charge in [-0.05, 0) is 32.9 Å². The molecule has 1 aliphatic heterocycles. The fourth-order valence-electron chi connectivity index (χ4n) is 1.65. The third kappa shape index (κ3) is 2.67. The average molecular weight is 235 g/mol. The Kier molecular flexibility index (Phi) is 2.92. The molecule has 17 heavy (non-hydrogen) atoms. The smallest absolute Gasteiger partial charge is 0.416 e. The Bertz CT molecular complexity index is 426. The minimum atomic E-state index is -0.489. The molecule has 2 rings (SSSR count). The van der Waals surface area contributed by atoms with Crippen molar-refractivity contribution in [1.29, 1.82) is 0 Å². The molecule has 0 saturated carbocycles. The fraction of sp³-hybridized carbons (Fsp3) is 0.500. The van der Waals surface area contributed by atoms with Gasteiger partial charge >= 0.3 is 6.09 Å². The molecule has 0 atom stereocenters. The van der Waals surface area contributed by atoms with Gasteiger partial charge in [-0.15, -0.1) is 0 Å². The van der Waals surface area contributed by atoms with Crippen molar-refractivity contribution in [3.63, 3.8) is 0 Å². The Morgan fingerprint density at radius 2 is 2.29 bits per heavy atom. The maximum atomic E-state index is 12.0. The summed E-state index contributed by atoms with van der Waals surface area (Å²) in [5, 5.41) is 3.20. The van der Waals surface area contributed by atoms with Crippen LogP contribution in [-0.4, -0.2) is 29.8 Å². The minimum absolute atomic E-state index is 0.348. The molecule has 1 aromatic rings. The molecule has 1 N–H and O–H groups in total. The number of nitrogens with zero attached hydrogens (tertiary/aromatic N) is 2. The van der Waals surface area contributed by atoms with E-state index in [0.717, 1.165) is 5.69 Å². The van der Waals surface area contributed by atoms with Gasteiger partial charge in [-0.2, -0.15) is 0 Å². The Hall–Kier alpha value is -1.78. The van der Waals surface area contributed by atoms with Gasteiger partial charge in [0.2, 0.25) is 0 Å². The van der Waals surface area contributed by atoms with E-state index < -0.39 is 5.60 Å². The first-order valence-corrected chi connectivity index (χ1v) is 5.67. The van der Waals surface area contributed by atoms with Crippen molar-refractivity contribution >= 4 is 17.6 Å². The number of anilines is 2. The molecule has 1 aromatic heterocycles. The number of carbonyl (C=O) groups is 1. The molecule has 5 nitrogen and oxygen atoms in total. The van der Waals surface area contributed by atoms with Gasteiger partial charge in [0.25, 0.3) is 0 Å². The second-order valence-corrected chi connectivity index (χ2v) is 4.93. The average Bonchev–Trinajstić information content (AvgIpc) is 2.26. The quantitative estimate of drug-likeness (QED) is 0.749. The number of pyridine rings is 1. The number of ether oxygens (including phenoxy) is 1. The van der Waals surface area contributed by atoms with Crippen LogP contribution < -0.4 is 10.2 Å². The zero-order valence-electron chi connectivity index (χ0n) is 10.4. The summed E-state index contributed by atoms with van der Waals surface area (Å²) in [7, 11) is 0. The summed E-state index contributed by atoms with van der Waals surface area (Å²) in [6.07, 6.45) is 1.32. The van der Waals surface area contributed by atoms with Gasteiger partial charge in [0.1, 0.15) is 5.60 Å². The highest BCUT2D eigenvalue weighted by molar-refractivity contribution is 5.91. The van der Waals surface area contributed by atoms with E-state index in [1.165, 1.54) is 0 Å². The summed E-state index contributed by atoms with van der Waals surface area (Å²) in [4.78, 5) is 17.8. The molecular formula is C12H17N3O2. The van der Waals surface area contributed by atoms with Crippen LogP contribution in [0.4, 0.5) is 16.3 Å². The SMILES string of the molecule is CC(C)(C)OC(=O)N1CCNc2cccnc21. The van der Waals surface area contributed by atoms with E-state index >= 15 is 0 Å². The van der Waals surface area contributed by atoms with Crippen LogP contribution in [0.3, 0.4) is 0 Å². The molecule has 0 radical (unpaired) electrons. The Labute approximate surface area is 101 Å². The summed E-state index contributed by atoms with van der Waals surface area (Å²) in [6, 6.07) is 3.74. The lowest BCUT2D eigenvalue weighted by Gasteiger charge is -2.31. The molecular weight excluding hydrogens is 218 g/mol. The van der Waals surface area contributed by atoms with Crippen molar-refractivity contribution in [3.8, 4) is 0 Å². The van der Waals surface area contributed by atoms with E-state index in [9.17, 15) is 4.79 Å². The van der Waals surface area contributed by atoms with Gasteiger partial charge in [-0.25, -0.2) is 9.78 Å². The lowest BCUT2D eigenvalue weighted by molar-refractivity contribution is 0.0580. The lowest BCUT2D eigenvalue weighted by Crippen LogP contribution is -2.42. The van der Waals surface area contributed by atoms with E-state index in [4.69, 9.17) is 4.74 Å². The third-order valence-corrected chi connectivity index (χ3v) is 2.31. The number of carbonyl (C=O) groups excluding carboxylic acids is 1. The van der Waals surface area contributed by atoms with Crippen LogP contribution >= 0.6 is 0 Å². The van der Waals surface area contributed by atoms with Crippen LogP contribution in [0, 0.1) is 0 Å². The van der Waals surface area contributed by atoms with Crippen LogP contribution in [-0.2, 0) is 4.74 Å². The number of amides is 1. The monoisotopic (exact) mass is 235 g/mol. The zero-order chi connectivity index (χ0) is 12.5. The molecule has 0 bridgehead atoms. The predicted octanol–water partition coefficient (Wildman–Crippen LogP) is 2.25. The molecule has 5 heteroatoms. The Morgan fingerprint density at radius 3 is 3.00 bits per heavy atom. The van der Waals surface area contributed by atoms with Gasteiger partial charge < -0.3 is 10.1 Å². The van der Waals surface area contributed by atoms with Gasteiger partial charge in [0.15, 0.2) is 5.82 Å². The van der Waals surface area contributed by atoms with Crippen LogP contribution in [0.1, 0.15) is 20.8 Å². The van der Waals surface area contributed by atoms with Crippen LogP contribution in [0.15, 0.2) is 18.3 Å². The maximum Gasteiger partial charge on any atom is 0.416 e. The highest BCUT2D eigenvalue weighted by Gasteiger charge is 2.27. The predicted molar refractivity (Wildman–Crippen MR) is 66.3 cm³/mol. The van der Waals surface area contributed by atoms with E-state index in [2.05, 4.69) is 10.3 Å². The van der Waals surface area contributed by atoms with Crippen molar-refractivity contribution in [2.75, 3.05) is 23.3 Å². The zero-order valence-corrected chi connectivity index (χ0v) is 10.4. The summed E-state index contributed by atoms with van der Waals surface area (Å²) in [5.41, 5.74) is 0.376. The van der Waals surface area contributed by atoms with E-state index in [1.54, 1.807) is 11.1 Å². The normalized spacial score (nSPS) is 14.9. The number of rotatable bonds is 0. The molecule has 1 aliphatic rings. The van der Waals surface area contributed by atoms with Gasteiger partial charge in [0.05, 0.1) is 5.69 Å². The highest BCUT2D eigenvalue weighted by Crippen LogP contribution is 2.26. The van der Waals surface area contributed by atoms with E-state index in [1.807, 2.05) is 32.9 Å². The molecule has 1 amide bonds. The van der Waals surface area contributed by atoms with Gasteiger partial charge in [-0.3, -0.25) is 4.90 Å². The fourth-order valence-corrected chi connectivity index (χ4v) is 1.65. The number of nitrogens with one attached hydrogen (secondary N) is 1. The minimum Gasteiger partial charge on any atom is -0.443 e. The summed E-state index contributed by atoms with van der Waals surface area (Å²) in [6.45, 7) is 6.84. The van der Waals surface area contributed by atoms with Gasteiger partial charge in [0, 0.05) is 19.3 Å². The Balaban J connectivity index is 2.21. The first-order valence-electron chi connectivity index (χ1n) is 5.67. The maximum absolute atomic E-state index is 12.0. The van der Waals surface area contributed by atoms with Crippen molar-refractivity contribution in [2.45, 2.75) is 26.4 Å². The van der Waals surface area contributed by atoms with Crippen molar-refractivity contribution in [1.82, 2.24) is 4.98 Å². The number of aromatic nitrogens is 1. The van der Waals surface area contributed by atoms with E-state index in [0.29, 0.717) is 18.9 Å². The summed E-state index contributed by atoms with van der Waals surface area (Å²) >= 11 is 0. The second-order valence-electron chi connectivity index (χ2n) is 4.93. The lowest BCUT2D eigenvalue weighted by atomic mass is 10.2. The van der Waals surface area contributed by atoms with Crippen molar-refractivity contribution in [3.05, 3.63) is 18.3 Å². The van der Waals surface area contributed by atoms with E-state index in [-0.39, 0.29) is 6.09 Å². The first kappa shape index (κ1) is 11.7. The number of hydrogen-bond donors (Lipinski definition) is 1. The van der Waals surface area contributed by atoms with Gasteiger partial charge in [-0.1, -0.05) is 0 Å². The molecule has 0 aliphatic carbocycles. The third-order valence-electron chi connectivity index (χ3n) is 2.31. The summed E-state index contributed by atoms with van der Waals surface area (Å²) < 4.78 is 5.35. The van der Waals surface area contributed by atoms with Crippen LogP contribution in [0.25, 0.3) is 0 Å². The van der Waals surface area contributed by atoms with Crippen molar-refractivity contribution < 1.29 is 9.53 Å². The number of hydrogen-bond acceptors (Lipinski definition) is 4. The van der Waals surface area contributed by atoms with Crippen molar-refractivity contribution in [2.24, 2.45) is 0 Å². The topological polar surface area (TPSA) is 54.5 Å². The van der Waals surface area contributed by atoms with Crippen LogP contribution in [0.5, 0.6) is 0 Å². The molecule has 0 spiro atoms. The molecule has 0 saturated heterocycles. The molecule has 0 unspecified atom stereocenters. The first-order chi connectivity index (χ1) is 7.97. The molecule has 2 heterocycles. The van der Waals surface area contributed by atoms with Crippen LogP contribution in [0.2, 0.25) is 0 Å². The Morgan fingerprint density at radius 1 is 1.53 bits per heavy atom. The largest absolute Gasteiger partial charge is 0.443 e. The second kappa shape index (κ2) is 4.24. The molecule has 0 fully saturated rings. The highest BCUT2D eigenvalue weighted by atomic mass is 16.6. The standard InChI is InChI=1S/C12H17N3O2/c1-12(2,3)17-11(16)15-8-7-13-9-5-4-6-14-10(9)15/h4-6,13H,7-8H2,1-3H3. The molecule has 92 valence electrons. The summed E-state index contributed by atoms with van der Waals surface area (Å²) in [5.74, 6) is 0.632. The molecule has 0 aromatic carbocycles.